The highest BCUT2D eigenvalue weighted by Gasteiger charge is 2.20. The molecule has 2 N–H and O–H groups in total. The summed E-state index contributed by atoms with van der Waals surface area (Å²) in [5.41, 5.74) is 1.25. The maximum Gasteiger partial charge on any atom is 0.0312 e. The molecule has 1 saturated carbocycles. The normalized spacial score (nSPS) is 17.7. The topological polar surface area (TPSA) is 37.0 Å². The van der Waals surface area contributed by atoms with E-state index in [1.165, 1.54) is 18.4 Å². The molecule has 1 aliphatic rings. The third-order valence-corrected chi connectivity index (χ3v) is 2.67. The lowest BCUT2D eigenvalue weighted by Crippen LogP contribution is -2.36. The first-order valence-corrected chi connectivity index (χ1v) is 5.70. The average molecular weight is 205 g/mol. The van der Waals surface area contributed by atoms with E-state index in [0.717, 1.165) is 19.1 Å². The van der Waals surface area contributed by atoms with Gasteiger partial charge in [-0.1, -0.05) is 6.07 Å². The van der Waals surface area contributed by atoms with Crippen LogP contribution in [-0.2, 0) is 6.54 Å². The van der Waals surface area contributed by atoms with Crippen molar-refractivity contribution in [3.8, 4) is 0 Å². The predicted octanol–water partition coefficient (Wildman–Crippen LogP) is 1.31. The molecule has 0 saturated heterocycles. The lowest BCUT2D eigenvalue weighted by Gasteiger charge is -2.14. The summed E-state index contributed by atoms with van der Waals surface area (Å²) in [7, 11) is 0. The van der Waals surface area contributed by atoms with E-state index in [4.69, 9.17) is 0 Å². The molecule has 1 aromatic heterocycles. The molecule has 0 radical (unpaired) electrons. The second-order valence-electron chi connectivity index (χ2n) is 4.33. The zero-order valence-corrected chi connectivity index (χ0v) is 9.24. The van der Waals surface area contributed by atoms with E-state index < -0.39 is 0 Å². The van der Waals surface area contributed by atoms with Crippen molar-refractivity contribution >= 4 is 0 Å². The largest absolute Gasteiger partial charge is 0.312 e. The number of rotatable bonds is 6. The van der Waals surface area contributed by atoms with Gasteiger partial charge in [0.15, 0.2) is 0 Å². The summed E-state index contributed by atoms with van der Waals surface area (Å²) in [6, 6.07) is 5.39. The van der Waals surface area contributed by atoms with E-state index in [1.54, 1.807) is 0 Å². The van der Waals surface area contributed by atoms with Crippen LogP contribution in [0.25, 0.3) is 0 Å². The lowest BCUT2D eigenvalue weighted by molar-refractivity contribution is 0.499. The smallest absolute Gasteiger partial charge is 0.0312 e. The third-order valence-electron chi connectivity index (χ3n) is 2.67. The zero-order valence-electron chi connectivity index (χ0n) is 9.24. The van der Waals surface area contributed by atoms with Gasteiger partial charge in [0.25, 0.3) is 0 Å². The first kappa shape index (κ1) is 10.6. The minimum absolute atomic E-state index is 0.519. The van der Waals surface area contributed by atoms with Crippen LogP contribution in [0.5, 0.6) is 0 Å². The van der Waals surface area contributed by atoms with Gasteiger partial charge < -0.3 is 10.6 Å². The van der Waals surface area contributed by atoms with Crippen LogP contribution in [0.4, 0.5) is 0 Å². The maximum atomic E-state index is 4.09. The molecule has 0 aromatic carbocycles. The number of nitrogens with one attached hydrogen (secondary N) is 2. The molecule has 1 aromatic rings. The van der Waals surface area contributed by atoms with Crippen molar-refractivity contribution in [3.05, 3.63) is 30.1 Å². The van der Waals surface area contributed by atoms with Gasteiger partial charge in [-0.05, 0) is 31.4 Å². The molecule has 0 amide bonds. The van der Waals surface area contributed by atoms with Gasteiger partial charge in [0.2, 0.25) is 0 Å². The Bertz CT molecular complexity index is 282. The van der Waals surface area contributed by atoms with E-state index in [0.29, 0.717) is 6.04 Å². The molecule has 1 unspecified atom stereocenters. The molecular formula is C12H19N3. The van der Waals surface area contributed by atoms with Crippen LogP contribution < -0.4 is 10.6 Å². The van der Waals surface area contributed by atoms with Crippen LogP contribution in [0, 0.1) is 0 Å². The van der Waals surface area contributed by atoms with E-state index in [2.05, 4.69) is 28.6 Å². The standard InChI is InChI=1S/C12H19N3/c1-10(7-15-12-4-5-12)14-9-11-3-2-6-13-8-11/h2-3,6,8,10,12,14-15H,4-5,7,9H2,1H3. The van der Waals surface area contributed by atoms with Crippen molar-refractivity contribution < 1.29 is 0 Å². The molecule has 0 bridgehead atoms. The van der Waals surface area contributed by atoms with Gasteiger partial charge >= 0.3 is 0 Å². The summed E-state index contributed by atoms with van der Waals surface area (Å²) in [6.45, 7) is 4.18. The minimum atomic E-state index is 0.519. The summed E-state index contributed by atoms with van der Waals surface area (Å²) in [5.74, 6) is 0. The highest BCUT2D eigenvalue weighted by Crippen LogP contribution is 2.18. The quantitative estimate of drug-likeness (QED) is 0.735. The Kier molecular flexibility index (Phi) is 3.69. The van der Waals surface area contributed by atoms with Gasteiger partial charge in [0, 0.05) is 37.6 Å². The first-order valence-electron chi connectivity index (χ1n) is 5.70. The molecular weight excluding hydrogens is 186 g/mol. The number of aromatic nitrogens is 1. The van der Waals surface area contributed by atoms with Crippen molar-refractivity contribution in [2.24, 2.45) is 0 Å². The fourth-order valence-electron chi connectivity index (χ4n) is 1.50. The van der Waals surface area contributed by atoms with Gasteiger partial charge in [-0.3, -0.25) is 4.98 Å². The molecule has 3 nitrogen and oxygen atoms in total. The van der Waals surface area contributed by atoms with Crippen LogP contribution in [-0.4, -0.2) is 23.6 Å². The number of pyridine rings is 1. The third kappa shape index (κ3) is 3.98. The SMILES string of the molecule is CC(CNC1CC1)NCc1cccnc1. The van der Waals surface area contributed by atoms with Gasteiger partial charge in [0.05, 0.1) is 0 Å². The highest BCUT2D eigenvalue weighted by atomic mass is 15.0. The van der Waals surface area contributed by atoms with Gasteiger partial charge in [-0.2, -0.15) is 0 Å². The summed E-state index contributed by atoms with van der Waals surface area (Å²) < 4.78 is 0. The molecule has 3 heteroatoms. The first-order chi connectivity index (χ1) is 7.34. The Labute approximate surface area is 91.3 Å². The zero-order chi connectivity index (χ0) is 10.5. The minimum Gasteiger partial charge on any atom is -0.312 e. The molecule has 2 rings (SSSR count). The average Bonchev–Trinajstić information content (AvgIpc) is 3.09. The summed E-state index contributed by atoms with van der Waals surface area (Å²) in [4.78, 5) is 4.09. The van der Waals surface area contributed by atoms with E-state index >= 15 is 0 Å². The molecule has 1 heterocycles. The number of hydrogen-bond donors (Lipinski definition) is 2. The van der Waals surface area contributed by atoms with Crippen molar-refractivity contribution in [1.82, 2.24) is 15.6 Å². The summed E-state index contributed by atoms with van der Waals surface area (Å²) in [5, 5.41) is 6.99. The number of hydrogen-bond acceptors (Lipinski definition) is 3. The van der Waals surface area contributed by atoms with E-state index in [-0.39, 0.29) is 0 Å². The predicted molar refractivity (Wildman–Crippen MR) is 61.6 cm³/mol. The van der Waals surface area contributed by atoms with Crippen LogP contribution >= 0.6 is 0 Å². The van der Waals surface area contributed by atoms with Crippen LogP contribution in [0.2, 0.25) is 0 Å². The Morgan fingerprint density at radius 2 is 2.40 bits per heavy atom. The Balaban J connectivity index is 1.63. The summed E-state index contributed by atoms with van der Waals surface area (Å²) in [6.07, 6.45) is 6.43. The van der Waals surface area contributed by atoms with Crippen molar-refractivity contribution in [3.63, 3.8) is 0 Å². The van der Waals surface area contributed by atoms with Crippen molar-refractivity contribution in [1.29, 1.82) is 0 Å². The Morgan fingerprint density at radius 3 is 3.07 bits per heavy atom. The highest BCUT2D eigenvalue weighted by molar-refractivity contribution is 5.07. The summed E-state index contributed by atoms with van der Waals surface area (Å²) >= 11 is 0. The Morgan fingerprint density at radius 1 is 1.53 bits per heavy atom. The fourth-order valence-corrected chi connectivity index (χ4v) is 1.50. The van der Waals surface area contributed by atoms with Gasteiger partial charge in [0.1, 0.15) is 0 Å². The second kappa shape index (κ2) is 5.24. The monoisotopic (exact) mass is 205 g/mol. The molecule has 0 spiro atoms. The molecule has 15 heavy (non-hydrogen) atoms. The maximum absolute atomic E-state index is 4.09. The molecule has 1 fully saturated rings. The molecule has 0 aliphatic heterocycles. The molecule has 1 aliphatic carbocycles. The van der Waals surface area contributed by atoms with Crippen molar-refractivity contribution in [2.75, 3.05) is 6.54 Å². The van der Waals surface area contributed by atoms with E-state index in [9.17, 15) is 0 Å². The number of nitrogens with zero attached hydrogens (tertiary/aromatic N) is 1. The van der Waals surface area contributed by atoms with E-state index in [1.807, 2.05) is 18.5 Å². The van der Waals surface area contributed by atoms with Crippen molar-refractivity contribution in [2.45, 2.75) is 38.4 Å². The lowest BCUT2D eigenvalue weighted by atomic mass is 10.2. The molecule has 1 atom stereocenters. The molecule has 82 valence electrons. The van der Waals surface area contributed by atoms with Gasteiger partial charge in [-0.15, -0.1) is 0 Å². The van der Waals surface area contributed by atoms with Gasteiger partial charge in [-0.25, -0.2) is 0 Å². The van der Waals surface area contributed by atoms with Crippen LogP contribution in [0.1, 0.15) is 25.3 Å². The fraction of sp³-hybridized carbons (Fsp3) is 0.583. The van der Waals surface area contributed by atoms with Crippen LogP contribution in [0.3, 0.4) is 0 Å². The van der Waals surface area contributed by atoms with Crippen LogP contribution in [0.15, 0.2) is 24.5 Å². The second-order valence-corrected chi connectivity index (χ2v) is 4.33. The Hall–Kier alpha value is -0.930.